The van der Waals surface area contributed by atoms with E-state index < -0.39 is 0 Å². The third-order valence-electron chi connectivity index (χ3n) is 6.62. The summed E-state index contributed by atoms with van der Waals surface area (Å²) in [4.78, 5) is 21.5. The lowest BCUT2D eigenvalue weighted by molar-refractivity contribution is -0.137. The van der Waals surface area contributed by atoms with Crippen LogP contribution in [0, 0.1) is 11.3 Å². The van der Waals surface area contributed by atoms with Gasteiger partial charge in [-0.3, -0.25) is 4.79 Å². The highest BCUT2D eigenvalue weighted by atomic mass is 16.5. The number of likely N-dealkylation sites (tertiary alicyclic amines) is 1. The molecule has 0 radical (unpaired) electrons. The monoisotopic (exact) mass is 369 g/mol. The van der Waals surface area contributed by atoms with Crippen molar-refractivity contribution in [3.63, 3.8) is 0 Å². The van der Waals surface area contributed by atoms with E-state index in [1.807, 2.05) is 29.2 Å². The molecule has 2 saturated heterocycles. The Morgan fingerprint density at radius 1 is 1.26 bits per heavy atom. The first kappa shape index (κ1) is 17.0. The summed E-state index contributed by atoms with van der Waals surface area (Å²) in [5, 5.41) is 0. The van der Waals surface area contributed by atoms with Crippen LogP contribution in [-0.2, 0) is 9.53 Å². The molecule has 5 rings (SSSR count). The van der Waals surface area contributed by atoms with Gasteiger partial charge >= 0.3 is 0 Å². The number of amides is 1. The summed E-state index contributed by atoms with van der Waals surface area (Å²) in [5.74, 6) is 0.592. The molecule has 6 nitrogen and oxygen atoms in total. The van der Waals surface area contributed by atoms with Crippen LogP contribution in [0.15, 0.2) is 28.7 Å². The summed E-state index contributed by atoms with van der Waals surface area (Å²) in [6.45, 7) is 5.88. The SMILES string of the molecule is C[C@]12CN(C(=O)COC3CCCC3)C[C@H]1CN(c1nc3ccccc3o1)C2. The van der Waals surface area contributed by atoms with Gasteiger partial charge in [-0.1, -0.05) is 31.9 Å². The highest BCUT2D eigenvalue weighted by Gasteiger charge is 2.51. The van der Waals surface area contributed by atoms with Gasteiger partial charge < -0.3 is 19.0 Å². The molecule has 1 aromatic carbocycles. The van der Waals surface area contributed by atoms with E-state index in [-0.39, 0.29) is 17.9 Å². The minimum absolute atomic E-state index is 0.0870. The molecule has 3 heterocycles. The van der Waals surface area contributed by atoms with Crippen molar-refractivity contribution < 1.29 is 13.9 Å². The first-order chi connectivity index (χ1) is 13.1. The van der Waals surface area contributed by atoms with Gasteiger partial charge in [0.25, 0.3) is 6.01 Å². The molecule has 2 atom stereocenters. The Hall–Kier alpha value is -2.08. The maximum atomic E-state index is 12.6. The van der Waals surface area contributed by atoms with Crippen molar-refractivity contribution in [1.82, 2.24) is 9.88 Å². The molecule has 6 heteroatoms. The number of hydrogen-bond acceptors (Lipinski definition) is 5. The lowest BCUT2D eigenvalue weighted by Gasteiger charge is -2.25. The second-order valence-corrected chi connectivity index (χ2v) is 8.69. The molecule has 1 aromatic heterocycles. The van der Waals surface area contributed by atoms with Crippen LogP contribution in [0.1, 0.15) is 32.6 Å². The lowest BCUT2D eigenvalue weighted by Crippen LogP contribution is -2.38. The Balaban J connectivity index is 1.22. The smallest absolute Gasteiger partial charge is 0.298 e. The van der Waals surface area contributed by atoms with Crippen LogP contribution >= 0.6 is 0 Å². The Bertz CT molecular complexity index is 811. The van der Waals surface area contributed by atoms with Crippen LogP contribution in [0.5, 0.6) is 0 Å². The normalized spacial score (nSPS) is 28.4. The minimum Gasteiger partial charge on any atom is -0.423 e. The molecule has 1 aliphatic carbocycles. The van der Waals surface area contributed by atoms with E-state index in [1.165, 1.54) is 12.8 Å². The van der Waals surface area contributed by atoms with Crippen molar-refractivity contribution >= 4 is 23.0 Å². The quantitative estimate of drug-likeness (QED) is 0.829. The molecule has 2 aromatic rings. The number of nitrogens with zero attached hydrogens (tertiary/aromatic N) is 3. The van der Waals surface area contributed by atoms with Crippen LogP contribution in [0.4, 0.5) is 6.01 Å². The van der Waals surface area contributed by atoms with E-state index >= 15 is 0 Å². The summed E-state index contributed by atoms with van der Waals surface area (Å²) in [7, 11) is 0. The summed E-state index contributed by atoms with van der Waals surface area (Å²) < 4.78 is 11.8. The summed E-state index contributed by atoms with van der Waals surface area (Å²) >= 11 is 0. The van der Waals surface area contributed by atoms with E-state index in [0.717, 1.165) is 50.1 Å². The Morgan fingerprint density at radius 3 is 2.85 bits per heavy atom. The molecular formula is C21H27N3O3. The molecule has 0 N–H and O–H groups in total. The molecular weight excluding hydrogens is 342 g/mol. The van der Waals surface area contributed by atoms with Crippen molar-refractivity contribution in [1.29, 1.82) is 0 Å². The van der Waals surface area contributed by atoms with Crippen LogP contribution in [-0.4, -0.2) is 54.7 Å². The van der Waals surface area contributed by atoms with Gasteiger partial charge in [-0.2, -0.15) is 4.98 Å². The van der Waals surface area contributed by atoms with Gasteiger partial charge in [0.2, 0.25) is 5.91 Å². The van der Waals surface area contributed by atoms with Gasteiger partial charge in [0.05, 0.1) is 6.10 Å². The van der Waals surface area contributed by atoms with E-state index in [0.29, 0.717) is 18.0 Å². The standard InChI is InChI=1S/C21H27N3O3/c1-21-13-23(19(25)12-26-16-6-2-3-7-16)10-15(21)11-24(14-21)20-22-17-8-4-5-9-18(17)27-20/h4-5,8-9,15-16H,2-3,6-7,10-14H2,1H3/t15-,21+/m0/s1. The molecule has 1 amide bonds. The average Bonchev–Trinajstić information content (AvgIpc) is 3.40. The van der Waals surface area contributed by atoms with Crippen molar-refractivity contribution in [3.05, 3.63) is 24.3 Å². The van der Waals surface area contributed by atoms with Gasteiger partial charge in [0.15, 0.2) is 5.58 Å². The number of hydrogen-bond donors (Lipinski definition) is 0. The highest BCUT2D eigenvalue weighted by Crippen LogP contribution is 2.43. The Labute approximate surface area is 159 Å². The Morgan fingerprint density at radius 2 is 2.07 bits per heavy atom. The predicted molar refractivity (Wildman–Crippen MR) is 103 cm³/mol. The summed E-state index contributed by atoms with van der Waals surface area (Å²) in [5.41, 5.74) is 1.81. The summed E-state index contributed by atoms with van der Waals surface area (Å²) in [6, 6.07) is 8.58. The van der Waals surface area contributed by atoms with Gasteiger partial charge in [-0.05, 0) is 25.0 Å². The molecule has 0 bridgehead atoms. The zero-order valence-electron chi connectivity index (χ0n) is 15.9. The van der Waals surface area contributed by atoms with Crippen LogP contribution in [0.25, 0.3) is 11.1 Å². The molecule has 1 saturated carbocycles. The van der Waals surface area contributed by atoms with E-state index in [9.17, 15) is 4.79 Å². The minimum atomic E-state index is 0.0870. The van der Waals surface area contributed by atoms with Crippen LogP contribution in [0.3, 0.4) is 0 Å². The fourth-order valence-corrected chi connectivity index (χ4v) is 5.01. The van der Waals surface area contributed by atoms with E-state index in [4.69, 9.17) is 9.15 Å². The Kier molecular flexibility index (Phi) is 4.11. The number of carbonyl (C=O) groups excluding carboxylic acids is 1. The maximum Gasteiger partial charge on any atom is 0.298 e. The number of carbonyl (C=O) groups is 1. The second-order valence-electron chi connectivity index (χ2n) is 8.69. The van der Waals surface area contributed by atoms with Gasteiger partial charge in [0.1, 0.15) is 12.1 Å². The number of oxazole rings is 1. The number of benzene rings is 1. The first-order valence-electron chi connectivity index (χ1n) is 10.1. The fourth-order valence-electron chi connectivity index (χ4n) is 5.01. The van der Waals surface area contributed by atoms with E-state index in [2.05, 4.69) is 16.8 Å². The zero-order valence-corrected chi connectivity index (χ0v) is 15.9. The molecule has 0 spiro atoms. The van der Waals surface area contributed by atoms with Crippen molar-refractivity contribution in [2.24, 2.45) is 11.3 Å². The number of anilines is 1. The van der Waals surface area contributed by atoms with Crippen LogP contribution < -0.4 is 4.90 Å². The van der Waals surface area contributed by atoms with Crippen molar-refractivity contribution in [2.75, 3.05) is 37.7 Å². The molecule has 144 valence electrons. The topological polar surface area (TPSA) is 58.8 Å². The largest absolute Gasteiger partial charge is 0.423 e. The van der Waals surface area contributed by atoms with Gasteiger partial charge in [0, 0.05) is 37.5 Å². The average molecular weight is 369 g/mol. The number of rotatable bonds is 4. The molecule has 3 aliphatic rings. The first-order valence-corrected chi connectivity index (χ1v) is 10.1. The molecule has 2 aliphatic heterocycles. The maximum absolute atomic E-state index is 12.6. The number of aromatic nitrogens is 1. The number of para-hydroxylation sites is 2. The van der Waals surface area contributed by atoms with Crippen LogP contribution in [0.2, 0.25) is 0 Å². The highest BCUT2D eigenvalue weighted by molar-refractivity contribution is 5.78. The third-order valence-corrected chi connectivity index (χ3v) is 6.62. The molecule has 27 heavy (non-hydrogen) atoms. The van der Waals surface area contributed by atoms with Gasteiger partial charge in [-0.15, -0.1) is 0 Å². The predicted octanol–water partition coefficient (Wildman–Crippen LogP) is 3.07. The lowest BCUT2D eigenvalue weighted by atomic mass is 9.83. The molecule has 0 unspecified atom stereocenters. The fraction of sp³-hybridized carbons (Fsp3) is 0.619. The van der Waals surface area contributed by atoms with E-state index in [1.54, 1.807) is 0 Å². The van der Waals surface area contributed by atoms with Crippen molar-refractivity contribution in [2.45, 2.75) is 38.7 Å². The van der Waals surface area contributed by atoms with Crippen molar-refractivity contribution in [3.8, 4) is 0 Å². The number of fused-ring (bicyclic) bond motifs is 2. The zero-order chi connectivity index (χ0) is 18.4. The van der Waals surface area contributed by atoms with Gasteiger partial charge in [-0.25, -0.2) is 0 Å². The second kappa shape index (κ2) is 6.51. The number of ether oxygens (including phenoxy) is 1. The molecule has 3 fully saturated rings. The summed E-state index contributed by atoms with van der Waals surface area (Å²) in [6.07, 6.45) is 4.96. The third kappa shape index (κ3) is 3.10.